The van der Waals surface area contributed by atoms with Gasteiger partial charge in [0, 0.05) is 32.2 Å². The van der Waals surface area contributed by atoms with Crippen LogP contribution in [0.15, 0.2) is 11.2 Å². The highest BCUT2D eigenvalue weighted by molar-refractivity contribution is 7.99. The van der Waals surface area contributed by atoms with Gasteiger partial charge >= 0.3 is 0 Å². The van der Waals surface area contributed by atoms with Gasteiger partial charge in [-0.05, 0) is 19.3 Å². The van der Waals surface area contributed by atoms with Gasteiger partial charge in [0.1, 0.15) is 11.0 Å². The summed E-state index contributed by atoms with van der Waals surface area (Å²) in [6.45, 7) is 4.56. The smallest absolute Gasteiger partial charge is 0.233 e. The SMILES string of the molecule is O=C(CSc1nc(Cl)cc(N2CCCCC2)n1)N1CCOCC1. The fourth-order valence-electron chi connectivity index (χ4n) is 2.77. The second-order valence-corrected chi connectivity index (χ2v) is 6.99. The molecule has 0 unspecified atom stereocenters. The fraction of sp³-hybridized carbons (Fsp3) is 0.667. The van der Waals surface area contributed by atoms with Gasteiger partial charge in [0.2, 0.25) is 5.91 Å². The molecule has 0 aromatic carbocycles. The van der Waals surface area contributed by atoms with Crippen LogP contribution in [0.2, 0.25) is 5.15 Å². The summed E-state index contributed by atoms with van der Waals surface area (Å²) in [5.74, 6) is 1.30. The number of ether oxygens (including phenoxy) is 1. The van der Waals surface area contributed by atoms with E-state index < -0.39 is 0 Å². The third kappa shape index (κ3) is 4.71. The van der Waals surface area contributed by atoms with Crippen molar-refractivity contribution in [3.63, 3.8) is 0 Å². The summed E-state index contributed by atoms with van der Waals surface area (Å²) in [4.78, 5) is 25.1. The van der Waals surface area contributed by atoms with Crippen LogP contribution in [0.5, 0.6) is 0 Å². The average molecular weight is 357 g/mol. The number of halogens is 1. The summed E-state index contributed by atoms with van der Waals surface area (Å²) in [6, 6.07) is 1.81. The van der Waals surface area contributed by atoms with Crippen molar-refractivity contribution in [3.05, 3.63) is 11.2 Å². The van der Waals surface area contributed by atoms with E-state index in [1.165, 1.54) is 31.0 Å². The number of piperidine rings is 1. The van der Waals surface area contributed by atoms with E-state index in [2.05, 4.69) is 14.9 Å². The predicted octanol–water partition coefficient (Wildman–Crippen LogP) is 2.07. The van der Waals surface area contributed by atoms with Gasteiger partial charge in [0.15, 0.2) is 5.16 Å². The molecule has 0 atom stereocenters. The molecule has 1 amide bonds. The molecular formula is C15H21ClN4O2S. The van der Waals surface area contributed by atoms with Crippen LogP contribution in [0.3, 0.4) is 0 Å². The molecular weight excluding hydrogens is 336 g/mol. The lowest BCUT2D eigenvalue weighted by atomic mass is 10.1. The normalized spacial score (nSPS) is 19.0. The highest BCUT2D eigenvalue weighted by Crippen LogP contribution is 2.24. The van der Waals surface area contributed by atoms with E-state index >= 15 is 0 Å². The van der Waals surface area contributed by atoms with Crippen molar-refractivity contribution in [2.45, 2.75) is 24.4 Å². The first kappa shape index (κ1) is 16.8. The number of thioether (sulfide) groups is 1. The Labute approximate surface area is 145 Å². The predicted molar refractivity (Wildman–Crippen MR) is 91.2 cm³/mol. The number of nitrogens with zero attached hydrogens (tertiary/aromatic N) is 4. The standard InChI is InChI=1S/C15H21ClN4O2S/c16-12-10-13(19-4-2-1-3-5-19)18-15(17-12)23-11-14(21)20-6-8-22-9-7-20/h10H,1-9,11H2. The summed E-state index contributed by atoms with van der Waals surface area (Å²) in [6.07, 6.45) is 3.63. The monoisotopic (exact) mass is 356 g/mol. The van der Waals surface area contributed by atoms with Crippen LogP contribution < -0.4 is 4.90 Å². The molecule has 0 radical (unpaired) electrons. The van der Waals surface area contributed by atoms with Crippen LogP contribution in [0, 0.1) is 0 Å². The van der Waals surface area contributed by atoms with Gasteiger partial charge in [-0.25, -0.2) is 9.97 Å². The van der Waals surface area contributed by atoms with Crippen molar-refractivity contribution in [1.82, 2.24) is 14.9 Å². The van der Waals surface area contributed by atoms with Crippen molar-refractivity contribution in [2.75, 3.05) is 50.0 Å². The Kier molecular flexibility index (Phi) is 5.96. The van der Waals surface area contributed by atoms with E-state index in [0.29, 0.717) is 42.4 Å². The second-order valence-electron chi connectivity index (χ2n) is 5.66. The minimum absolute atomic E-state index is 0.0985. The molecule has 2 fully saturated rings. The van der Waals surface area contributed by atoms with Gasteiger partial charge < -0.3 is 14.5 Å². The summed E-state index contributed by atoms with van der Waals surface area (Å²) in [7, 11) is 0. The Morgan fingerprint density at radius 3 is 2.65 bits per heavy atom. The molecule has 3 rings (SSSR count). The Morgan fingerprint density at radius 1 is 1.17 bits per heavy atom. The van der Waals surface area contributed by atoms with E-state index in [1.54, 1.807) is 6.07 Å². The van der Waals surface area contributed by atoms with Crippen molar-refractivity contribution in [1.29, 1.82) is 0 Å². The maximum atomic E-state index is 12.2. The van der Waals surface area contributed by atoms with Gasteiger partial charge in [0.25, 0.3) is 0 Å². The number of anilines is 1. The summed E-state index contributed by atoms with van der Waals surface area (Å²) < 4.78 is 5.26. The summed E-state index contributed by atoms with van der Waals surface area (Å²) in [5.41, 5.74) is 0. The molecule has 3 heterocycles. The van der Waals surface area contributed by atoms with Gasteiger partial charge in [-0.3, -0.25) is 4.79 Å². The van der Waals surface area contributed by atoms with Crippen LogP contribution in [-0.2, 0) is 9.53 Å². The molecule has 0 saturated carbocycles. The summed E-state index contributed by atoms with van der Waals surface area (Å²) >= 11 is 7.48. The molecule has 0 N–H and O–H groups in total. The van der Waals surface area contributed by atoms with E-state index in [1.807, 2.05) is 4.90 Å². The van der Waals surface area contributed by atoms with Gasteiger partial charge in [-0.2, -0.15) is 0 Å². The molecule has 0 aliphatic carbocycles. The quantitative estimate of drug-likeness (QED) is 0.467. The largest absolute Gasteiger partial charge is 0.378 e. The minimum atomic E-state index is 0.0985. The Morgan fingerprint density at radius 2 is 1.91 bits per heavy atom. The lowest BCUT2D eigenvalue weighted by molar-refractivity contribution is -0.132. The van der Waals surface area contributed by atoms with Gasteiger partial charge in [0.05, 0.1) is 19.0 Å². The van der Waals surface area contributed by atoms with Crippen LogP contribution >= 0.6 is 23.4 Å². The van der Waals surface area contributed by atoms with E-state index in [-0.39, 0.29) is 5.91 Å². The first-order chi connectivity index (χ1) is 11.2. The number of amides is 1. The maximum absolute atomic E-state index is 12.2. The molecule has 23 heavy (non-hydrogen) atoms. The molecule has 1 aromatic rings. The third-order valence-corrected chi connectivity index (χ3v) is 5.06. The van der Waals surface area contributed by atoms with Crippen molar-refractivity contribution >= 4 is 35.1 Å². The zero-order valence-electron chi connectivity index (χ0n) is 13.0. The van der Waals surface area contributed by atoms with Crippen LogP contribution in [0.4, 0.5) is 5.82 Å². The third-order valence-electron chi connectivity index (χ3n) is 4.03. The number of carbonyl (C=O) groups is 1. The van der Waals surface area contributed by atoms with E-state index in [4.69, 9.17) is 16.3 Å². The number of morpholine rings is 1. The second kappa shape index (κ2) is 8.17. The highest BCUT2D eigenvalue weighted by Gasteiger charge is 2.19. The van der Waals surface area contributed by atoms with Crippen molar-refractivity contribution in [3.8, 4) is 0 Å². The molecule has 1 aromatic heterocycles. The number of hydrogen-bond acceptors (Lipinski definition) is 6. The Bertz CT molecular complexity index is 548. The molecule has 0 spiro atoms. The van der Waals surface area contributed by atoms with Crippen LogP contribution in [0.1, 0.15) is 19.3 Å². The topological polar surface area (TPSA) is 58.6 Å². The van der Waals surface area contributed by atoms with E-state index in [0.717, 1.165) is 18.9 Å². The Hall–Kier alpha value is -1.05. The highest BCUT2D eigenvalue weighted by atomic mass is 35.5. The van der Waals surface area contributed by atoms with Crippen LogP contribution in [-0.4, -0.2) is 65.9 Å². The van der Waals surface area contributed by atoms with E-state index in [9.17, 15) is 4.79 Å². The minimum Gasteiger partial charge on any atom is -0.378 e. The Balaban J connectivity index is 1.60. The van der Waals surface area contributed by atoms with Gasteiger partial charge in [-0.15, -0.1) is 0 Å². The van der Waals surface area contributed by atoms with Crippen molar-refractivity contribution < 1.29 is 9.53 Å². The molecule has 126 valence electrons. The molecule has 2 aliphatic heterocycles. The zero-order chi connectivity index (χ0) is 16.1. The molecule has 8 heteroatoms. The molecule has 2 aliphatic rings. The number of carbonyl (C=O) groups excluding carboxylic acids is 1. The lowest BCUT2D eigenvalue weighted by Crippen LogP contribution is -2.41. The average Bonchev–Trinajstić information content (AvgIpc) is 2.61. The first-order valence-corrected chi connectivity index (χ1v) is 9.36. The molecule has 2 saturated heterocycles. The molecule has 0 bridgehead atoms. The van der Waals surface area contributed by atoms with Crippen molar-refractivity contribution in [2.24, 2.45) is 0 Å². The fourth-order valence-corrected chi connectivity index (χ4v) is 3.75. The first-order valence-electron chi connectivity index (χ1n) is 8.00. The summed E-state index contributed by atoms with van der Waals surface area (Å²) in [5, 5.41) is 1.00. The van der Waals surface area contributed by atoms with Gasteiger partial charge in [-0.1, -0.05) is 23.4 Å². The number of hydrogen-bond donors (Lipinski definition) is 0. The zero-order valence-corrected chi connectivity index (χ0v) is 14.6. The maximum Gasteiger partial charge on any atom is 0.233 e. The lowest BCUT2D eigenvalue weighted by Gasteiger charge is -2.28. The number of rotatable bonds is 4. The molecule has 6 nitrogen and oxygen atoms in total. The number of aromatic nitrogens is 2. The van der Waals surface area contributed by atoms with Crippen LogP contribution in [0.25, 0.3) is 0 Å².